The Kier molecular flexibility index (Phi) is 5.35. The molecule has 1 aromatic heterocycles. The van der Waals surface area contributed by atoms with E-state index in [4.69, 9.17) is 4.74 Å². The number of methoxy groups -OCH3 is 1. The molecule has 0 aliphatic rings. The highest BCUT2D eigenvalue weighted by atomic mass is 16.5. The van der Waals surface area contributed by atoms with Crippen molar-refractivity contribution in [1.82, 2.24) is 9.97 Å². The highest BCUT2D eigenvalue weighted by Gasteiger charge is 2.12. The Bertz CT molecular complexity index is 968. The maximum atomic E-state index is 12.7. The summed E-state index contributed by atoms with van der Waals surface area (Å²) >= 11 is 0. The Morgan fingerprint density at radius 2 is 1.70 bits per heavy atom. The molecule has 6 heteroatoms. The standard InChI is InChI=1S/C21H22N4O2/c1-13-5-6-14(2)18(11-13)25-21(26)19-12-20(23-15(3)22-19)24-16-7-9-17(27-4)10-8-16/h5-12H,1-4H3,(H,25,26)(H,22,23,24). The van der Waals surface area contributed by atoms with Crippen LogP contribution in [0.2, 0.25) is 0 Å². The molecule has 1 heterocycles. The van der Waals surface area contributed by atoms with Crippen LogP contribution in [0.1, 0.15) is 27.4 Å². The fourth-order valence-corrected chi connectivity index (χ4v) is 2.63. The zero-order valence-electron chi connectivity index (χ0n) is 15.8. The predicted molar refractivity (Wildman–Crippen MR) is 107 cm³/mol. The second-order valence-electron chi connectivity index (χ2n) is 6.31. The minimum Gasteiger partial charge on any atom is -0.497 e. The molecule has 2 aromatic carbocycles. The number of ether oxygens (including phenoxy) is 1. The average molecular weight is 362 g/mol. The van der Waals surface area contributed by atoms with Crippen LogP contribution < -0.4 is 15.4 Å². The third kappa shape index (κ3) is 4.61. The van der Waals surface area contributed by atoms with E-state index in [1.807, 2.05) is 56.3 Å². The molecule has 0 unspecified atom stereocenters. The number of carbonyl (C=O) groups is 1. The first kappa shape index (κ1) is 18.4. The Balaban J connectivity index is 1.81. The van der Waals surface area contributed by atoms with Crippen molar-refractivity contribution in [3.05, 3.63) is 71.2 Å². The van der Waals surface area contributed by atoms with E-state index in [0.717, 1.165) is 28.3 Å². The molecule has 0 aliphatic heterocycles. The minimum absolute atomic E-state index is 0.271. The van der Waals surface area contributed by atoms with Gasteiger partial charge in [-0.15, -0.1) is 0 Å². The van der Waals surface area contributed by atoms with Gasteiger partial charge in [0, 0.05) is 17.4 Å². The van der Waals surface area contributed by atoms with E-state index in [1.54, 1.807) is 20.1 Å². The number of benzene rings is 2. The summed E-state index contributed by atoms with van der Waals surface area (Å²) < 4.78 is 5.16. The Morgan fingerprint density at radius 3 is 2.41 bits per heavy atom. The van der Waals surface area contributed by atoms with Crippen molar-refractivity contribution < 1.29 is 9.53 Å². The second kappa shape index (κ2) is 7.86. The fraction of sp³-hybridized carbons (Fsp3) is 0.190. The average Bonchev–Trinajstić information content (AvgIpc) is 2.65. The summed E-state index contributed by atoms with van der Waals surface area (Å²) in [5, 5.41) is 6.12. The molecule has 2 N–H and O–H groups in total. The third-order valence-corrected chi connectivity index (χ3v) is 4.07. The maximum Gasteiger partial charge on any atom is 0.274 e. The van der Waals surface area contributed by atoms with Crippen molar-refractivity contribution in [3.8, 4) is 5.75 Å². The number of aryl methyl sites for hydroxylation is 3. The highest BCUT2D eigenvalue weighted by Crippen LogP contribution is 2.21. The Labute approximate surface area is 158 Å². The van der Waals surface area contributed by atoms with Gasteiger partial charge in [-0.3, -0.25) is 4.79 Å². The first-order chi connectivity index (χ1) is 12.9. The first-order valence-corrected chi connectivity index (χ1v) is 8.60. The molecule has 0 saturated carbocycles. The van der Waals surface area contributed by atoms with E-state index in [1.165, 1.54) is 0 Å². The molecule has 6 nitrogen and oxygen atoms in total. The summed E-state index contributed by atoms with van der Waals surface area (Å²) in [4.78, 5) is 21.3. The van der Waals surface area contributed by atoms with Crippen LogP contribution in [0.15, 0.2) is 48.5 Å². The van der Waals surface area contributed by atoms with Gasteiger partial charge < -0.3 is 15.4 Å². The monoisotopic (exact) mass is 362 g/mol. The van der Waals surface area contributed by atoms with Crippen LogP contribution >= 0.6 is 0 Å². The lowest BCUT2D eigenvalue weighted by Crippen LogP contribution is -2.16. The van der Waals surface area contributed by atoms with Gasteiger partial charge in [-0.25, -0.2) is 9.97 Å². The number of nitrogens with one attached hydrogen (secondary N) is 2. The third-order valence-electron chi connectivity index (χ3n) is 4.07. The van der Waals surface area contributed by atoms with Crippen LogP contribution in [-0.2, 0) is 0 Å². The van der Waals surface area contributed by atoms with Crippen molar-refractivity contribution in [2.45, 2.75) is 20.8 Å². The fourth-order valence-electron chi connectivity index (χ4n) is 2.63. The number of hydrogen-bond acceptors (Lipinski definition) is 5. The molecule has 0 saturated heterocycles. The summed E-state index contributed by atoms with van der Waals surface area (Å²) in [5.74, 6) is 1.57. The summed E-state index contributed by atoms with van der Waals surface area (Å²) in [6.45, 7) is 5.70. The van der Waals surface area contributed by atoms with Gasteiger partial charge in [0.05, 0.1) is 7.11 Å². The first-order valence-electron chi connectivity index (χ1n) is 8.60. The predicted octanol–water partition coefficient (Wildman–Crippen LogP) is 4.41. The van der Waals surface area contributed by atoms with Gasteiger partial charge in [-0.05, 0) is 62.2 Å². The van der Waals surface area contributed by atoms with Crippen LogP contribution in [0.25, 0.3) is 0 Å². The number of amides is 1. The van der Waals surface area contributed by atoms with Crippen LogP contribution in [0.4, 0.5) is 17.2 Å². The maximum absolute atomic E-state index is 12.7. The summed E-state index contributed by atoms with van der Waals surface area (Å²) in [5.41, 5.74) is 4.00. The van der Waals surface area contributed by atoms with Gasteiger partial charge in [0.1, 0.15) is 23.1 Å². The molecule has 0 bridgehead atoms. The van der Waals surface area contributed by atoms with Gasteiger partial charge in [-0.1, -0.05) is 12.1 Å². The van der Waals surface area contributed by atoms with E-state index in [2.05, 4.69) is 20.6 Å². The van der Waals surface area contributed by atoms with Gasteiger partial charge >= 0.3 is 0 Å². The van der Waals surface area contributed by atoms with Gasteiger partial charge in [0.2, 0.25) is 0 Å². The van der Waals surface area contributed by atoms with Crippen molar-refractivity contribution in [2.24, 2.45) is 0 Å². The van der Waals surface area contributed by atoms with Gasteiger partial charge in [0.15, 0.2) is 0 Å². The summed E-state index contributed by atoms with van der Waals surface area (Å²) in [6.07, 6.45) is 0. The molecule has 0 fully saturated rings. The molecule has 0 atom stereocenters. The topological polar surface area (TPSA) is 76.1 Å². The van der Waals surface area contributed by atoms with Crippen LogP contribution in [0, 0.1) is 20.8 Å². The Morgan fingerprint density at radius 1 is 0.963 bits per heavy atom. The minimum atomic E-state index is -0.271. The summed E-state index contributed by atoms with van der Waals surface area (Å²) in [6, 6.07) is 15.0. The molecule has 0 aliphatic carbocycles. The number of hydrogen-bond donors (Lipinski definition) is 2. The molecule has 3 aromatic rings. The molecule has 138 valence electrons. The number of rotatable bonds is 5. The number of aromatic nitrogens is 2. The molecule has 3 rings (SSSR count). The van der Waals surface area contributed by atoms with Crippen molar-refractivity contribution in [2.75, 3.05) is 17.7 Å². The van der Waals surface area contributed by atoms with Crippen LogP contribution in [0.3, 0.4) is 0 Å². The number of nitrogens with zero attached hydrogens (tertiary/aromatic N) is 2. The molecular weight excluding hydrogens is 340 g/mol. The smallest absolute Gasteiger partial charge is 0.274 e. The quantitative estimate of drug-likeness (QED) is 0.703. The number of carbonyl (C=O) groups excluding carboxylic acids is 1. The van der Waals surface area contributed by atoms with Crippen molar-refractivity contribution >= 4 is 23.1 Å². The normalized spacial score (nSPS) is 10.4. The largest absolute Gasteiger partial charge is 0.497 e. The van der Waals surface area contributed by atoms with Gasteiger partial charge in [-0.2, -0.15) is 0 Å². The van der Waals surface area contributed by atoms with Gasteiger partial charge in [0.25, 0.3) is 5.91 Å². The SMILES string of the molecule is COc1ccc(Nc2cc(C(=O)Nc3cc(C)ccc3C)nc(C)n2)cc1. The number of anilines is 3. The second-order valence-corrected chi connectivity index (χ2v) is 6.31. The molecular formula is C21H22N4O2. The zero-order valence-corrected chi connectivity index (χ0v) is 15.8. The molecule has 1 amide bonds. The molecule has 27 heavy (non-hydrogen) atoms. The van der Waals surface area contributed by atoms with E-state index < -0.39 is 0 Å². The lowest BCUT2D eigenvalue weighted by Gasteiger charge is -2.11. The van der Waals surface area contributed by atoms with Crippen molar-refractivity contribution in [1.29, 1.82) is 0 Å². The van der Waals surface area contributed by atoms with E-state index in [-0.39, 0.29) is 5.91 Å². The Hall–Kier alpha value is -3.41. The van der Waals surface area contributed by atoms with E-state index >= 15 is 0 Å². The zero-order chi connectivity index (χ0) is 19.4. The lowest BCUT2D eigenvalue weighted by atomic mass is 10.1. The highest BCUT2D eigenvalue weighted by molar-refractivity contribution is 6.03. The molecule has 0 spiro atoms. The lowest BCUT2D eigenvalue weighted by molar-refractivity contribution is 0.102. The van der Waals surface area contributed by atoms with Crippen LogP contribution in [-0.4, -0.2) is 23.0 Å². The van der Waals surface area contributed by atoms with Crippen molar-refractivity contribution in [3.63, 3.8) is 0 Å². The molecule has 0 radical (unpaired) electrons. The summed E-state index contributed by atoms with van der Waals surface area (Å²) in [7, 11) is 1.62. The van der Waals surface area contributed by atoms with E-state index in [0.29, 0.717) is 17.3 Å². The van der Waals surface area contributed by atoms with E-state index in [9.17, 15) is 4.79 Å². The van der Waals surface area contributed by atoms with Crippen LogP contribution in [0.5, 0.6) is 5.75 Å².